The summed E-state index contributed by atoms with van der Waals surface area (Å²) in [6.07, 6.45) is 2.16. The van der Waals surface area contributed by atoms with Crippen LogP contribution in [0.2, 0.25) is 0 Å². The third-order valence-corrected chi connectivity index (χ3v) is 4.75. The van der Waals surface area contributed by atoms with Gasteiger partial charge in [0.25, 0.3) is 0 Å². The van der Waals surface area contributed by atoms with E-state index in [4.69, 9.17) is 9.84 Å². The summed E-state index contributed by atoms with van der Waals surface area (Å²) in [5.74, 6) is 1.91. The molecule has 0 bridgehead atoms. The van der Waals surface area contributed by atoms with Gasteiger partial charge in [-0.2, -0.15) is 4.52 Å². The Labute approximate surface area is 159 Å². The molecule has 4 rings (SSSR count). The molecular weight excluding hydrogens is 340 g/mol. The third kappa shape index (κ3) is 4.03. The van der Waals surface area contributed by atoms with Gasteiger partial charge in [0.15, 0.2) is 5.82 Å². The van der Waals surface area contributed by atoms with Gasteiger partial charge in [0, 0.05) is 25.1 Å². The highest BCUT2D eigenvalue weighted by Crippen LogP contribution is 2.24. The van der Waals surface area contributed by atoms with E-state index in [1.807, 2.05) is 28.8 Å². The van der Waals surface area contributed by atoms with E-state index in [1.54, 1.807) is 0 Å². The second-order valence-electron chi connectivity index (χ2n) is 7.29. The highest BCUT2D eigenvalue weighted by Gasteiger charge is 2.18. The average molecular weight is 366 g/mol. The number of fused-ring (bicyclic) bond motifs is 1. The smallest absolute Gasteiger partial charge is 0.201 e. The zero-order valence-corrected chi connectivity index (χ0v) is 15.9. The number of benzene rings is 1. The van der Waals surface area contributed by atoms with Crippen molar-refractivity contribution in [1.29, 1.82) is 0 Å². The maximum atomic E-state index is 5.59. The van der Waals surface area contributed by atoms with Gasteiger partial charge in [-0.1, -0.05) is 44.2 Å². The molecule has 27 heavy (non-hydrogen) atoms. The summed E-state index contributed by atoms with van der Waals surface area (Å²) < 4.78 is 7.44. The van der Waals surface area contributed by atoms with Crippen molar-refractivity contribution in [1.82, 2.24) is 19.8 Å². The molecule has 0 spiro atoms. The number of nitrogens with zero attached hydrogens (tertiary/aromatic N) is 4. The lowest BCUT2D eigenvalue weighted by Gasteiger charge is -2.24. The quantitative estimate of drug-likeness (QED) is 0.696. The summed E-state index contributed by atoms with van der Waals surface area (Å²) in [5.41, 5.74) is 2.89. The molecule has 2 N–H and O–H groups in total. The molecule has 0 aliphatic carbocycles. The van der Waals surface area contributed by atoms with Gasteiger partial charge in [-0.05, 0) is 18.4 Å². The Morgan fingerprint density at radius 2 is 2.07 bits per heavy atom. The average Bonchev–Trinajstić information content (AvgIpc) is 3.12. The molecule has 1 aliphatic heterocycles. The number of ether oxygens (including phenoxy) is 1. The molecule has 142 valence electrons. The number of aromatic nitrogens is 4. The number of hydrogen-bond donors (Lipinski definition) is 2. The van der Waals surface area contributed by atoms with Crippen LogP contribution in [0.15, 0.2) is 36.4 Å². The van der Waals surface area contributed by atoms with Crippen molar-refractivity contribution in [3.05, 3.63) is 47.8 Å². The lowest BCUT2D eigenvalue weighted by Crippen LogP contribution is -2.30. The predicted octanol–water partition coefficient (Wildman–Crippen LogP) is 3.45. The van der Waals surface area contributed by atoms with E-state index in [-0.39, 0.29) is 12.0 Å². The molecule has 0 radical (unpaired) electrons. The van der Waals surface area contributed by atoms with Gasteiger partial charge in [0.1, 0.15) is 5.82 Å². The van der Waals surface area contributed by atoms with Crippen molar-refractivity contribution in [2.45, 2.75) is 45.2 Å². The van der Waals surface area contributed by atoms with Gasteiger partial charge < -0.3 is 15.4 Å². The monoisotopic (exact) mass is 366 g/mol. The van der Waals surface area contributed by atoms with Crippen LogP contribution in [0.25, 0.3) is 5.65 Å². The molecular formula is C20H26N6O. The summed E-state index contributed by atoms with van der Waals surface area (Å²) in [5, 5.41) is 20.5. The van der Waals surface area contributed by atoms with Gasteiger partial charge >= 0.3 is 0 Å². The Hall–Kier alpha value is -2.67. The van der Waals surface area contributed by atoms with Crippen LogP contribution >= 0.6 is 0 Å². The maximum Gasteiger partial charge on any atom is 0.201 e. The van der Waals surface area contributed by atoms with Crippen LogP contribution in [0.5, 0.6) is 0 Å². The summed E-state index contributed by atoms with van der Waals surface area (Å²) in [7, 11) is 0. The van der Waals surface area contributed by atoms with Crippen LogP contribution < -0.4 is 10.6 Å². The van der Waals surface area contributed by atoms with Gasteiger partial charge in [0.05, 0.1) is 18.3 Å². The van der Waals surface area contributed by atoms with E-state index in [0.717, 1.165) is 49.0 Å². The SMILES string of the molecule is CC(C)c1nnc2c(NCc3ccccc3)cc(N[C@H]3CCCOC3)nn12. The second kappa shape index (κ2) is 7.92. The molecule has 0 saturated carbocycles. The highest BCUT2D eigenvalue weighted by molar-refractivity contribution is 5.70. The van der Waals surface area contributed by atoms with E-state index in [0.29, 0.717) is 6.61 Å². The fraction of sp³-hybridized carbons (Fsp3) is 0.450. The molecule has 3 aromatic rings. The third-order valence-electron chi connectivity index (χ3n) is 4.75. The van der Waals surface area contributed by atoms with Crippen LogP contribution in [0.4, 0.5) is 11.5 Å². The fourth-order valence-corrected chi connectivity index (χ4v) is 3.31. The van der Waals surface area contributed by atoms with Crippen molar-refractivity contribution in [3.63, 3.8) is 0 Å². The minimum absolute atomic E-state index is 0.239. The molecule has 2 aromatic heterocycles. The largest absolute Gasteiger partial charge is 0.379 e. The molecule has 1 fully saturated rings. The number of rotatable bonds is 6. The van der Waals surface area contributed by atoms with Crippen molar-refractivity contribution in [3.8, 4) is 0 Å². The van der Waals surface area contributed by atoms with Crippen molar-refractivity contribution < 1.29 is 4.74 Å². The van der Waals surface area contributed by atoms with Crippen molar-refractivity contribution in [2.24, 2.45) is 0 Å². The lowest BCUT2D eigenvalue weighted by molar-refractivity contribution is 0.0875. The Balaban J connectivity index is 1.64. The number of nitrogens with one attached hydrogen (secondary N) is 2. The first-order valence-corrected chi connectivity index (χ1v) is 9.59. The summed E-state index contributed by atoms with van der Waals surface area (Å²) in [6.45, 7) is 6.48. The number of hydrogen-bond acceptors (Lipinski definition) is 6. The standard InChI is InChI=1S/C20H26N6O/c1-14(2)19-23-24-20-17(21-12-15-7-4-3-5-8-15)11-18(25-26(19)20)22-16-9-6-10-27-13-16/h3-5,7-8,11,14,16,21H,6,9-10,12-13H2,1-2H3,(H,22,25)/t16-/m0/s1. The Bertz CT molecular complexity index is 886. The normalized spacial score (nSPS) is 17.4. The van der Waals surface area contributed by atoms with Crippen molar-refractivity contribution in [2.75, 3.05) is 23.8 Å². The number of anilines is 2. The van der Waals surface area contributed by atoms with E-state index >= 15 is 0 Å². The molecule has 1 atom stereocenters. The topological polar surface area (TPSA) is 76.4 Å². The van der Waals surface area contributed by atoms with E-state index in [9.17, 15) is 0 Å². The summed E-state index contributed by atoms with van der Waals surface area (Å²) in [4.78, 5) is 0. The van der Waals surface area contributed by atoms with Gasteiger partial charge in [-0.25, -0.2) is 0 Å². The molecule has 0 unspecified atom stereocenters. The van der Waals surface area contributed by atoms with Gasteiger partial charge in [-0.3, -0.25) is 0 Å². The second-order valence-corrected chi connectivity index (χ2v) is 7.29. The van der Waals surface area contributed by atoms with Crippen LogP contribution in [-0.4, -0.2) is 39.1 Å². The Morgan fingerprint density at radius 3 is 2.81 bits per heavy atom. The van der Waals surface area contributed by atoms with Crippen LogP contribution in [0.3, 0.4) is 0 Å². The summed E-state index contributed by atoms with van der Waals surface area (Å²) >= 11 is 0. The molecule has 3 heterocycles. The Kier molecular flexibility index (Phi) is 5.20. The lowest BCUT2D eigenvalue weighted by atomic mass is 10.1. The Morgan fingerprint density at radius 1 is 1.22 bits per heavy atom. The highest BCUT2D eigenvalue weighted by atomic mass is 16.5. The molecule has 0 amide bonds. The zero-order valence-electron chi connectivity index (χ0n) is 15.9. The van der Waals surface area contributed by atoms with Crippen LogP contribution in [-0.2, 0) is 11.3 Å². The first kappa shape index (κ1) is 17.7. The van der Waals surface area contributed by atoms with E-state index < -0.39 is 0 Å². The maximum absolute atomic E-state index is 5.59. The van der Waals surface area contributed by atoms with Crippen LogP contribution in [0, 0.1) is 0 Å². The first-order chi connectivity index (χ1) is 13.2. The predicted molar refractivity (Wildman–Crippen MR) is 106 cm³/mol. The fourth-order valence-electron chi connectivity index (χ4n) is 3.31. The van der Waals surface area contributed by atoms with Crippen molar-refractivity contribution >= 4 is 17.2 Å². The zero-order chi connectivity index (χ0) is 18.6. The molecule has 1 aromatic carbocycles. The van der Waals surface area contributed by atoms with E-state index in [2.05, 4.69) is 46.8 Å². The van der Waals surface area contributed by atoms with Gasteiger partial charge in [0.2, 0.25) is 5.65 Å². The minimum Gasteiger partial charge on any atom is -0.379 e. The molecule has 7 nitrogen and oxygen atoms in total. The summed E-state index contributed by atoms with van der Waals surface area (Å²) in [6, 6.07) is 12.6. The first-order valence-electron chi connectivity index (χ1n) is 9.59. The minimum atomic E-state index is 0.239. The molecule has 1 saturated heterocycles. The van der Waals surface area contributed by atoms with Crippen LogP contribution in [0.1, 0.15) is 44.0 Å². The van der Waals surface area contributed by atoms with Gasteiger partial charge in [-0.15, -0.1) is 15.3 Å². The van der Waals surface area contributed by atoms with E-state index in [1.165, 1.54) is 5.56 Å². The molecule has 7 heteroatoms. The molecule has 1 aliphatic rings.